The number of hydrogen-bond acceptors (Lipinski definition) is 2. The topological polar surface area (TPSA) is 32.3 Å². The molecule has 2 fully saturated rings. The van der Waals surface area contributed by atoms with Crippen LogP contribution in [0.1, 0.15) is 41.6 Å². The Hall–Kier alpha value is -1.42. The molecule has 2 aliphatic rings. The second-order valence-corrected chi connectivity index (χ2v) is 6.37. The number of aryl methyl sites for hydroxylation is 1. The molecule has 21 heavy (non-hydrogen) atoms. The van der Waals surface area contributed by atoms with Crippen molar-refractivity contribution in [1.29, 1.82) is 0 Å². The Balaban J connectivity index is 1.71. The highest BCUT2D eigenvalue weighted by Gasteiger charge is 2.31. The molecule has 2 unspecified atom stereocenters. The standard InChI is InChI=1S/C17H23FN2O/c1-12-8-14(10-15(18)9-12)17(21)20-7-3-4-13(11-20)16-5-2-6-19-16/h8-10,13,16,19H,2-7,11H2,1H3. The van der Waals surface area contributed by atoms with Crippen molar-refractivity contribution in [2.24, 2.45) is 5.92 Å². The van der Waals surface area contributed by atoms with Gasteiger partial charge in [-0.25, -0.2) is 4.39 Å². The number of benzene rings is 1. The smallest absolute Gasteiger partial charge is 0.253 e. The molecule has 0 radical (unpaired) electrons. The van der Waals surface area contributed by atoms with Gasteiger partial charge < -0.3 is 10.2 Å². The van der Waals surface area contributed by atoms with Crippen molar-refractivity contribution < 1.29 is 9.18 Å². The Morgan fingerprint density at radius 1 is 1.29 bits per heavy atom. The van der Waals surface area contributed by atoms with Crippen LogP contribution in [0.5, 0.6) is 0 Å². The predicted molar refractivity (Wildman–Crippen MR) is 80.8 cm³/mol. The molecule has 2 aliphatic heterocycles. The predicted octanol–water partition coefficient (Wildman–Crippen LogP) is 2.74. The number of halogens is 1. The van der Waals surface area contributed by atoms with Crippen molar-refractivity contribution in [3.8, 4) is 0 Å². The summed E-state index contributed by atoms with van der Waals surface area (Å²) in [6, 6.07) is 5.14. The number of piperidine rings is 1. The summed E-state index contributed by atoms with van der Waals surface area (Å²) >= 11 is 0. The first kappa shape index (κ1) is 14.5. The van der Waals surface area contributed by atoms with Gasteiger partial charge in [0.15, 0.2) is 0 Å². The maximum atomic E-state index is 13.5. The van der Waals surface area contributed by atoms with Crippen LogP contribution in [-0.2, 0) is 0 Å². The average Bonchev–Trinajstić information content (AvgIpc) is 3.00. The maximum Gasteiger partial charge on any atom is 0.253 e. The van der Waals surface area contributed by atoms with E-state index in [0.717, 1.165) is 31.6 Å². The highest BCUT2D eigenvalue weighted by molar-refractivity contribution is 5.94. The number of carbonyl (C=O) groups is 1. The highest BCUT2D eigenvalue weighted by Crippen LogP contribution is 2.26. The molecule has 114 valence electrons. The van der Waals surface area contributed by atoms with Crippen LogP contribution in [0.4, 0.5) is 4.39 Å². The first-order valence-corrected chi connectivity index (χ1v) is 7.93. The molecule has 1 N–H and O–H groups in total. The van der Waals surface area contributed by atoms with E-state index >= 15 is 0 Å². The van der Waals surface area contributed by atoms with E-state index in [1.165, 1.54) is 31.4 Å². The minimum Gasteiger partial charge on any atom is -0.338 e. The minimum absolute atomic E-state index is 0.0275. The van der Waals surface area contributed by atoms with E-state index in [4.69, 9.17) is 0 Å². The van der Waals surface area contributed by atoms with E-state index in [9.17, 15) is 9.18 Å². The fourth-order valence-corrected chi connectivity index (χ4v) is 3.68. The van der Waals surface area contributed by atoms with Crippen LogP contribution in [-0.4, -0.2) is 36.5 Å². The molecule has 1 aromatic carbocycles. The van der Waals surface area contributed by atoms with E-state index in [-0.39, 0.29) is 11.7 Å². The maximum absolute atomic E-state index is 13.5. The van der Waals surface area contributed by atoms with Crippen molar-refractivity contribution in [1.82, 2.24) is 10.2 Å². The summed E-state index contributed by atoms with van der Waals surface area (Å²) in [7, 11) is 0. The van der Waals surface area contributed by atoms with Crippen LogP contribution < -0.4 is 5.32 Å². The molecule has 3 nitrogen and oxygen atoms in total. The van der Waals surface area contributed by atoms with Crippen LogP contribution in [0.15, 0.2) is 18.2 Å². The summed E-state index contributed by atoms with van der Waals surface area (Å²) in [5.74, 6) is 0.185. The van der Waals surface area contributed by atoms with E-state index in [1.807, 2.05) is 11.8 Å². The number of hydrogen-bond donors (Lipinski definition) is 1. The van der Waals surface area contributed by atoms with Crippen molar-refractivity contribution in [2.45, 2.75) is 38.6 Å². The fourth-order valence-electron chi connectivity index (χ4n) is 3.68. The van der Waals surface area contributed by atoms with Gasteiger partial charge in [-0.3, -0.25) is 4.79 Å². The van der Waals surface area contributed by atoms with Gasteiger partial charge in [0.2, 0.25) is 0 Å². The number of likely N-dealkylation sites (tertiary alicyclic amines) is 1. The molecular weight excluding hydrogens is 267 g/mol. The van der Waals surface area contributed by atoms with Gasteiger partial charge in [-0.15, -0.1) is 0 Å². The summed E-state index contributed by atoms with van der Waals surface area (Å²) in [5.41, 5.74) is 1.27. The molecule has 1 amide bonds. The molecular formula is C17H23FN2O. The summed E-state index contributed by atoms with van der Waals surface area (Å²) in [4.78, 5) is 14.5. The average molecular weight is 290 g/mol. The quantitative estimate of drug-likeness (QED) is 0.908. The van der Waals surface area contributed by atoms with E-state index < -0.39 is 0 Å². The minimum atomic E-state index is -0.329. The largest absolute Gasteiger partial charge is 0.338 e. The summed E-state index contributed by atoms with van der Waals surface area (Å²) in [6.45, 7) is 4.50. The SMILES string of the molecule is Cc1cc(F)cc(C(=O)N2CCCC(C3CCCN3)C2)c1. The molecule has 2 atom stereocenters. The van der Waals surface area contributed by atoms with Gasteiger partial charge in [-0.2, -0.15) is 0 Å². The Bertz CT molecular complexity index is 505. The van der Waals surface area contributed by atoms with Crippen LogP contribution in [0.2, 0.25) is 0 Å². The van der Waals surface area contributed by atoms with Gasteiger partial charge in [0.1, 0.15) is 5.82 Å². The van der Waals surface area contributed by atoms with Gasteiger partial charge >= 0.3 is 0 Å². The number of rotatable bonds is 2. The first-order valence-electron chi connectivity index (χ1n) is 7.93. The second-order valence-electron chi connectivity index (χ2n) is 6.37. The zero-order valence-corrected chi connectivity index (χ0v) is 12.6. The van der Waals surface area contributed by atoms with Crippen LogP contribution >= 0.6 is 0 Å². The fraction of sp³-hybridized carbons (Fsp3) is 0.588. The second kappa shape index (κ2) is 6.14. The lowest BCUT2D eigenvalue weighted by Gasteiger charge is -2.36. The van der Waals surface area contributed by atoms with Gasteiger partial charge in [0, 0.05) is 24.7 Å². The Kier molecular flexibility index (Phi) is 4.24. The molecule has 0 bridgehead atoms. The summed E-state index contributed by atoms with van der Waals surface area (Å²) < 4.78 is 13.5. The van der Waals surface area contributed by atoms with E-state index in [0.29, 0.717) is 17.5 Å². The van der Waals surface area contributed by atoms with Crippen molar-refractivity contribution in [3.05, 3.63) is 35.1 Å². The van der Waals surface area contributed by atoms with Crippen LogP contribution in [0.25, 0.3) is 0 Å². The molecule has 0 saturated carbocycles. The lowest BCUT2D eigenvalue weighted by Crippen LogP contribution is -2.45. The lowest BCUT2D eigenvalue weighted by atomic mass is 9.89. The zero-order valence-electron chi connectivity index (χ0n) is 12.6. The van der Waals surface area contributed by atoms with Crippen LogP contribution in [0, 0.1) is 18.7 Å². The number of nitrogens with zero attached hydrogens (tertiary/aromatic N) is 1. The molecule has 0 aliphatic carbocycles. The molecule has 2 saturated heterocycles. The summed E-state index contributed by atoms with van der Waals surface area (Å²) in [6.07, 6.45) is 4.68. The van der Waals surface area contributed by atoms with Gasteiger partial charge in [0.25, 0.3) is 5.91 Å². The molecule has 2 heterocycles. The molecule has 1 aromatic rings. The third kappa shape index (κ3) is 3.26. The van der Waals surface area contributed by atoms with Gasteiger partial charge in [-0.1, -0.05) is 0 Å². The lowest BCUT2D eigenvalue weighted by molar-refractivity contribution is 0.0650. The van der Waals surface area contributed by atoms with E-state index in [2.05, 4.69) is 5.32 Å². The Labute approximate surface area is 125 Å². The molecule has 0 aromatic heterocycles. The number of amides is 1. The third-order valence-electron chi connectivity index (χ3n) is 4.70. The first-order chi connectivity index (χ1) is 10.1. The monoisotopic (exact) mass is 290 g/mol. The van der Waals surface area contributed by atoms with E-state index in [1.54, 1.807) is 6.07 Å². The molecule has 0 spiro atoms. The highest BCUT2D eigenvalue weighted by atomic mass is 19.1. The third-order valence-corrected chi connectivity index (χ3v) is 4.70. The van der Waals surface area contributed by atoms with Gasteiger partial charge in [0.05, 0.1) is 0 Å². The number of nitrogens with one attached hydrogen (secondary N) is 1. The molecule has 3 rings (SSSR count). The normalized spacial score (nSPS) is 26.1. The Morgan fingerprint density at radius 2 is 2.14 bits per heavy atom. The summed E-state index contributed by atoms with van der Waals surface area (Å²) in [5, 5.41) is 3.55. The van der Waals surface area contributed by atoms with Gasteiger partial charge in [-0.05, 0) is 68.8 Å². The Morgan fingerprint density at radius 3 is 2.86 bits per heavy atom. The zero-order chi connectivity index (χ0) is 14.8. The van der Waals surface area contributed by atoms with Crippen LogP contribution in [0.3, 0.4) is 0 Å². The molecule has 4 heteroatoms. The van der Waals surface area contributed by atoms with Crippen molar-refractivity contribution >= 4 is 5.91 Å². The van der Waals surface area contributed by atoms with Crippen molar-refractivity contribution in [3.63, 3.8) is 0 Å². The van der Waals surface area contributed by atoms with Crippen molar-refractivity contribution in [2.75, 3.05) is 19.6 Å². The number of carbonyl (C=O) groups excluding carboxylic acids is 1.